The molecular weight excluding hydrogens is 1170 g/mol. The molecule has 0 spiro atoms. The number of hydrogen-bond donors (Lipinski definition) is 0. The first kappa shape index (κ1) is 59.5. The lowest BCUT2D eigenvalue weighted by molar-refractivity contribution is -0.851. The maximum absolute atomic E-state index is 14.2. The highest BCUT2D eigenvalue weighted by atomic mass is 32.1. The molecule has 0 bridgehead atoms. The summed E-state index contributed by atoms with van der Waals surface area (Å²) >= 11 is 1.68. The van der Waals surface area contributed by atoms with E-state index in [1.807, 2.05) is 16.3 Å². The highest BCUT2D eigenvalue weighted by Gasteiger charge is 2.47. The number of aromatic nitrogens is 1. The van der Waals surface area contributed by atoms with Gasteiger partial charge in [0.25, 0.3) is 11.0 Å². The maximum atomic E-state index is 14.2. The Morgan fingerprint density at radius 3 is 0.926 bits per heavy atom. The summed E-state index contributed by atoms with van der Waals surface area (Å²) in [6, 6.07) is 18.4. The Labute approximate surface area is 441 Å². The largest absolute Gasteiger partial charge is 0.416 e. The molecule has 8 aromatic carbocycles. The zero-order valence-corrected chi connectivity index (χ0v) is 40.2. The summed E-state index contributed by atoms with van der Waals surface area (Å²) in [5.41, 5.74) is -27.1. The monoisotopic (exact) mass is 1190 g/mol. The van der Waals surface area contributed by atoms with Crippen LogP contribution in [0.2, 0.25) is 0 Å². The molecule has 2 nitrogen and oxygen atoms in total. The topological polar surface area (TPSA) is 13.1 Å². The van der Waals surface area contributed by atoms with Gasteiger partial charge >= 0.3 is 49.4 Å². The van der Waals surface area contributed by atoms with Gasteiger partial charge in [-0.05, 0) is 52.6 Å². The van der Waals surface area contributed by atoms with Crippen LogP contribution in [0.1, 0.15) is 44.5 Å². The number of rotatable bonds is 6. The van der Waals surface area contributed by atoms with Gasteiger partial charge in [0.1, 0.15) is 10.8 Å². The van der Waals surface area contributed by atoms with Gasteiger partial charge in [0, 0.05) is 16.2 Å². The molecule has 0 N–H and O–H groups in total. The lowest BCUT2D eigenvalue weighted by Gasteiger charge is -2.46. The minimum atomic E-state index is -6.13. The minimum Gasteiger partial charge on any atom is -0.229 e. The van der Waals surface area contributed by atoms with Crippen LogP contribution in [0.15, 0.2) is 157 Å². The van der Waals surface area contributed by atoms with Crippen LogP contribution in [0.5, 0.6) is 5.75 Å². The molecule has 1 heterocycles. The molecule has 0 radical (unpaired) electrons. The van der Waals surface area contributed by atoms with Crippen molar-refractivity contribution in [3.8, 4) is 5.75 Å². The summed E-state index contributed by atoms with van der Waals surface area (Å²) in [5, 5.41) is 4.77. The lowest BCUT2D eigenvalue weighted by Crippen LogP contribution is -2.75. The third-order valence-corrected chi connectivity index (χ3v) is 13.6. The Hall–Kier alpha value is -7.65. The van der Waals surface area contributed by atoms with E-state index >= 15 is 0 Å². The second-order valence-corrected chi connectivity index (χ2v) is 18.9. The average Bonchev–Trinajstić information content (AvgIpc) is 3.45. The van der Waals surface area contributed by atoms with Gasteiger partial charge in [0.15, 0.2) is 0 Å². The molecule has 0 aliphatic carbocycles. The van der Waals surface area contributed by atoms with Crippen molar-refractivity contribution in [2.45, 2.75) is 49.4 Å². The number of para-hydroxylation sites is 1. The van der Waals surface area contributed by atoms with E-state index in [1.165, 1.54) is 20.9 Å². The number of benzene rings is 8. The van der Waals surface area contributed by atoms with Crippen LogP contribution in [-0.4, -0.2) is 6.15 Å². The van der Waals surface area contributed by atoms with Crippen molar-refractivity contribution in [3.63, 3.8) is 0 Å². The number of halogens is 24. The minimum absolute atomic E-state index is 0.691. The second kappa shape index (κ2) is 20.4. The van der Waals surface area contributed by atoms with E-state index in [1.54, 1.807) is 11.3 Å². The van der Waals surface area contributed by atoms with Crippen LogP contribution < -0.4 is 31.4 Å². The molecule has 0 saturated carbocycles. The quantitative estimate of drug-likeness (QED) is 0.0700. The Bertz CT molecular complexity index is 3390. The van der Waals surface area contributed by atoms with Crippen LogP contribution in [0.3, 0.4) is 0 Å². The van der Waals surface area contributed by atoms with E-state index in [0.29, 0.717) is 0 Å². The number of alkyl halides is 24. The molecule has 1 aromatic heterocycles. The molecule has 81 heavy (non-hydrogen) atoms. The van der Waals surface area contributed by atoms with Crippen molar-refractivity contribution in [1.29, 1.82) is 0 Å². The summed E-state index contributed by atoms with van der Waals surface area (Å²) in [4.78, 5) is 6.28. The van der Waals surface area contributed by atoms with Crippen molar-refractivity contribution in [3.05, 3.63) is 202 Å². The van der Waals surface area contributed by atoms with Gasteiger partial charge in [0.05, 0.1) is 44.5 Å². The molecule has 0 unspecified atom stereocenters. The molecule has 0 saturated heterocycles. The summed E-state index contributed by atoms with van der Waals surface area (Å²) in [6.07, 6.45) is -54.8. The number of hydrogen-bond acceptors (Lipinski definition) is 2. The number of nitrogens with zero attached hydrogens (tertiary/aromatic N) is 1. The zero-order valence-electron chi connectivity index (χ0n) is 39.4. The average molecular weight is 1190 g/mol. The van der Waals surface area contributed by atoms with Crippen molar-refractivity contribution in [2.75, 3.05) is 0 Å². The standard InChI is InChI=1S/C32H12BF24.C21H14NOS/c34-25(35,36)13-1-14(26(37,38)39)6-21(5-13)33(22-7-15(27(40,41)42)2-16(8-22)28(43,44)45,23-9-17(29(46,47)48)3-18(10-23)30(49,50)51)24-11-19(31(52,53)54)4-20(12-24)32(55,56)57;1-2-8-16-15(7-1)13-20(18-10-4-3-9-17(16)18)23-22-14-24-21-12-6-5-11-19(21)22/h1-12H;1-14H/q-1;+1. The first-order chi connectivity index (χ1) is 37.2. The Morgan fingerprint density at radius 1 is 0.309 bits per heavy atom. The Kier molecular flexibility index (Phi) is 15.0. The van der Waals surface area contributed by atoms with Gasteiger partial charge in [-0.15, -0.1) is 0 Å². The Morgan fingerprint density at radius 2 is 0.593 bits per heavy atom. The van der Waals surface area contributed by atoms with Crippen LogP contribution in [0.25, 0.3) is 31.8 Å². The molecule has 0 atom stereocenters. The van der Waals surface area contributed by atoms with Crippen molar-refractivity contribution >= 4 is 71.1 Å². The molecule has 28 heteroatoms. The molecule has 9 rings (SSSR count). The van der Waals surface area contributed by atoms with E-state index in [9.17, 15) is 105 Å². The summed E-state index contributed by atoms with van der Waals surface area (Å²) in [6.45, 7) is 0. The van der Waals surface area contributed by atoms with Gasteiger partial charge in [-0.1, -0.05) is 121 Å². The first-order valence-corrected chi connectivity index (χ1v) is 23.4. The van der Waals surface area contributed by atoms with Gasteiger partial charge in [0.2, 0.25) is 5.75 Å². The van der Waals surface area contributed by atoms with Crippen molar-refractivity contribution < 1.29 is 115 Å². The molecule has 0 fully saturated rings. The Balaban J connectivity index is 0.000000292. The number of fused-ring (bicyclic) bond motifs is 4. The van der Waals surface area contributed by atoms with Gasteiger partial charge < -0.3 is 0 Å². The fourth-order valence-corrected chi connectivity index (χ4v) is 10.0. The summed E-state index contributed by atoms with van der Waals surface area (Å²) < 4.78 is 344. The van der Waals surface area contributed by atoms with Crippen LogP contribution in [-0.2, 0) is 49.4 Å². The first-order valence-electron chi connectivity index (χ1n) is 22.5. The molecule has 426 valence electrons. The summed E-state index contributed by atoms with van der Waals surface area (Å²) in [7, 11) is 0. The molecular formula is C53H26BF24NOS. The highest BCUT2D eigenvalue weighted by Crippen LogP contribution is 2.42. The fraction of sp³-hybridized carbons (Fsp3) is 0.151. The van der Waals surface area contributed by atoms with Gasteiger partial charge in [-0.25, -0.2) is 4.84 Å². The summed E-state index contributed by atoms with van der Waals surface area (Å²) in [5.74, 6) is 0.873. The maximum Gasteiger partial charge on any atom is 0.416 e. The SMILES string of the molecule is FC(F)(F)c1cc([B-](c2cc(C(F)(F)F)cc(C(F)(F)F)c2)(c2cc(C(F)(F)F)cc(C(F)(F)F)c2)c2cc(C(F)(F)F)cc(C(F)(F)F)c2)cc(C(F)(F)F)c1.c1ccc2c(c1)cc(O[n+]1csc3ccccc31)c1ccccc12. The van der Waals surface area contributed by atoms with E-state index in [2.05, 4.69) is 72.8 Å². The predicted octanol–water partition coefficient (Wildman–Crippen LogP) is 16.6. The van der Waals surface area contributed by atoms with Crippen molar-refractivity contribution in [1.82, 2.24) is 0 Å². The van der Waals surface area contributed by atoms with E-state index in [-0.39, 0.29) is 0 Å². The van der Waals surface area contributed by atoms with Gasteiger partial charge in [-0.3, -0.25) is 0 Å². The molecule has 9 aromatic rings. The third-order valence-electron chi connectivity index (χ3n) is 12.7. The normalized spacial score (nSPS) is 13.4. The third kappa shape index (κ3) is 12.3. The highest BCUT2D eigenvalue weighted by molar-refractivity contribution is 7.20. The lowest BCUT2D eigenvalue weighted by atomic mass is 9.12. The smallest absolute Gasteiger partial charge is 0.229 e. The zero-order chi connectivity index (χ0) is 59.8. The van der Waals surface area contributed by atoms with Crippen molar-refractivity contribution in [2.24, 2.45) is 0 Å². The second-order valence-electron chi connectivity index (χ2n) is 18.0. The van der Waals surface area contributed by atoms with Crippen LogP contribution >= 0.6 is 11.3 Å². The van der Waals surface area contributed by atoms with E-state index in [4.69, 9.17) is 4.84 Å². The molecule has 0 aliphatic rings. The molecule has 0 aliphatic heterocycles. The van der Waals surface area contributed by atoms with E-state index in [0.717, 1.165) is 16.7 Å². The predicted molar refractivity (Wildman–Crippen MR) is 250 cm³/mol. The van der Waals surface area contributed by atoms with Crippen LogP contribution in [0.4, 0.5) is 105 Å². The van der Waals surface area contributed by atoms with Crippen LogP contribution in [0, 0.1) is 0 Å². The number of thiazole rings is 1. The van der Waals surface area contributed by atoms with Gasteiger partial charge in [-0.2, -0.15) is 127 Å². The van der Waals surface area contributed by atoms with E-state index < -0.39 is 195 Å². The molecule has 0 amide bonds. The fourth-order valence-electron chi connectivity index (χ4n) is 9.24.